The first-order chi connectivity index (χ1) is 32.7. The zero-order chi connectivity index (χ0) is 43.0. The number of para-hydroxylation sites is 5. The summed E-state index contributed by atoms with van der Waals surface area (Å²) in [5, 5.41) is 13.2. The number of hydrogen-bond acceptors (Lipinski definition) is 5. The highest BCUT2D eigenvalue weighted by molar-refractivity contribution is 6.19. The van der Waals surface area contributed by atoms with Gasteiger partial charge in [-0.3, -0.25) is 4.57 Å². The molecule has 0 bridgehead atoms. The molecule has 7 heteroatoms. The minimum atomic E-state index is 0.473. The molecule has 0 amide bonds. The molecule has 0 unspecified atom stereocenters. The average molecular weight is 844 g/mol. The maximum Gasteiger partial charge on any atom is 0.238 e. The van der Waals surface area contributed by atoms with E-state index in [0.29, 0.717) is 28.8 Å². The molecule has 0 saturated heterocycles. The van der Waals surface area contributed by atoms with Gasteiger partial charge in [-0.15, -0.1) is 0 Å². The molecule has 0 N–H and O–H groups in total. The highest BCUT2D eigenvalue weighted by atomic mass is 16.3. The van der Waals surface area contributed by atoms with Crippen LogP contribution in [0.25, 0.3) is 143 Å². The van der Waals surface area contributed by atoms with Crippen molar-refractivity contribution in [2.75, 3.05) is 0 Å². The Morgan fingerprint density at radius 3 is 1.42 bits per heavy atom. The summed E-state index contributed by atoms with van der Waals surface area (Å²) in [5.41, 5.74) is 9.53. The van der Waals surface area contributed by atoms with Crippen LogP contribution >= 0.6 is 0 Å². The van der Waals surface area contributed by atoms with Gasteiger partial charge in [0, 0.05) is 43.1 Å². The summed E-state index contributed by atoms with van der Waals surface area (Å²) in [7, 11) is 0. The second-order valence-electron chi connectivity index (χ2n) is 17.1. The van der Waals surface area contributed by atoms with Gasteiger partial charge >= 0.3 is 0 Å². The second-order valence-corrected chi connectivity index (χ2v) is 17.1. The van der Waals surface area contributed by atoms with E-state index in [1.54, 1.807) is 0 Å². The first kappa shape index (κ1) is 35.4. The third-order valence-electron chi connectivity index (χ3n) is 13.5. The predicted molar refractivity (Wildman–Crippen MR) is 269 cm³/mol. The third-order valence-corrected chi connectivity index (χ3v) is 13.5. The van der Waals surface area contributed by atoms with E-state index in [4.69, 9.17) is 23.8 Å². The lowest BCUT2D eigenvalue weighted by Gasteiger charge is -2.16. The Bertz CT molecular complexity index is 4400. The summed E-state index contributed by atoms with van der Waals surface area (Å²) in [5.74, 6) is 1.44. The molecule has 0 aliphatic carbocycles. The van der Waals surface area contributed by atoms with Gasteiger partial charge in [-0.05, 0) is 88.3 Å². The van der Waals surface area contributed by atoms with Crippen LogP contribution in [0, 0.1) is 0 Å². The molecular weight excluding hydrogens is 811 g/mol. The fraction of sp³-hybridized carbons (Fsp3) is 0. The fourth-order valence-corrected chi connectivity index (χ4v) is 10.6. The largest absolute Gasteiger partial charge is 0.455 e. The van der Waals surface area contributed by atoms with Crippen molar-refractivity contribution in [3.8, 4) is 34.4 Å². The molecule has 66 heavy (non-hydrogen) atoms. The normalized spacial score (nSPS) is 12.2. The molecule has 0 aliphatic heterocycles. The van der Waals surface area contributed by atoms with E-state index in [0.717, 1.165) is 104 Å². The van der Waals surface area contributed by atoms with Crippen LogP contribution < -0.4 is 0 Å². The van der Waals surface area contributed by atoms with Gasteiger partial charge in [0.2, 0.25) is 5.95 Å². The van der Waals surface area contributed by atoms with Crippen LogP contribution in [-0.4, -0.2) is 24.1 Å². The van der Waals surface area contributed by atoms with E-state index in [1.807, 2.05) is 36.4 Å². The van der Waals surface area contributed by atoms with Gasteiger partial charge in [0.05, 0.1) is 38.9 Å². The maximum absolute atomic E-state index is 7.03. The molecule has 0 fully saturated rings. The molecule has 10 aromatic carbocycles. The topological polar surface area (TPSA) is 74.8 Å². The van der Waals surface area contributed by atoms with Crippen molar-refractivity contribution >= 4 is 109 Å². The van der Waals surface area contributed by atoms with Gasteiger partial charge in [0.15, 0.2) is 11.6 Å². The number of benzene rings is 10. The van der Waals surface area contributed by atoms with Crippen LogP contribution in [0.4, 0.5) is 0 Å². The minimum absolute atomic E-state index is 0.473. The van der Waals surface area contributed by atoms with Gasteiger partial charge in [0.1, 0.15) is 22.3 Å². The minimum Gasteiger partial charge on any atom is -0.455 e. The molecule has 0 saturated carbocycles. The molecule has 0 atom stereocenters. The highest BCUT2D eigenvalue weighted by Crippen LogP contribution is 2.45. The van der Waals surface area contributed by atoms with E-state index in [-0.39, 0.29) is 0 Å². The van der Waals surface area contributed by atoms with Crippen LogP contribution in [-0.2, 0) is 0 Å². The standard InChI is InChI=1S/C59H33N5O2/c1-3-16-36-32-50-45(30-34(36)14-1)46-31-35-15-2-4-17-37(35)33-51(46)63(50)49-29-28-43-41-21-8-12-27-53(41)66-56(43)54(49)58-60-57(44-23-13-22-42-40-20-7-11-26-52(40)65-55(42)44)61-59(62-58)64-47-24-9-5-18-38(47)39-19-6-10-25-48(39)64/h1-33H. The Morgan fingerprint density at radius 1 is 0.318 bits per heavy atom. The highest BCUT2D eigenvalue weighted by Gasteiger charge is 2.27. The smallest absolute Gasteiger partial charge is 0.238 e. The summed E-state index contributed by atoms with van der Waals surface area (Å²) in [6.45, 7) is 0. The Morgan fingerprint density at radius 2 is 0.803 bits per heavy atom. The average Bonchev–Trinajstić information content (AvgIpc) is 4.12. The SMILES string of the molecule is c1ccc2cc3c(cc2c1)c1cc2ccccc2cc1n3-c1ccc2c(oc3ccccc32)c1-c1nc(-c2cccc3c2oc2ccccc23)nc(-n2c3ccccc3c3ccccc32)n1. The first-order valence-electron chi connectivity index (χ1n) is 22.2. The maximum atomic E-state index is 7.03. The van der Waals surface area contributed by atoms with Crippen molar-refractivity contribution in [1.82, 2.24) is 24.1 Å². The Kier molecular flexibility index (Phi) is 7.10. The lowest BCUT2D eigenvalue weighted by atomic mass is 10.0. The summed E-state index contributed by atoms with van der Waals surface area (Å²) < 4.78 is 18.3. The molecule has 0 spiro atoms. The van der Waals surface area contributed by atoms with Gasteiger partial charge in [0.25, 0.3) is 0 Å². The lowest BCUT2D eigenvalue weighted by molar-refractivity contribution is 0.669. The van der Waals surface area contributed by atoms with E-state index in [1.165, 1.54) is 10.8 Å². The number of nitrogens with zero attached hydrogens (tertiary/aromatic N) is 5. The lowest BCUT2D eigenvalue weighted by Crippen LogP contribution is -2.08. The molecule has 15 aromatic rings. The summed E-state index contributed by atoms with van der Waals surface area (Å²) in [6, 6.07) is 70.3. The van der Waals surface area contributed by atoms with Crippen LogP contribution in [0.1, 0.15) is 0 Å². The van der Waals surface area contributed by atoms with E-state index in [9.17, 15) is 0 Å². The number of aromatic nitrogens is 5. The van der Waals surface area contributed by atoms with Crippen LogP contribution in [0.2, 0.25) is 0 Å². The van der Waals surface area contributed by atoms with Crippen molar-refractivity contribution < 1.29 is 8.83 Å². The molecular formula is C59H33N5O2. The van der Waals surface area contributed by atoms with Crippen LogP contribution in [0.15, 0.2) is 209 Å². The molecule has 0 aliphatic rings. The van der Waals surface area contributed by atoms with Gasteiger partial charge < -0.3 is 13.4 Å². The van der Waals surface area contributed by atoms with Crippen LogP contribution in [0.5, 0.6) is 0 Å². The molecule has 5 heterocycles. The summed E-state index contributed by atoms with van der Waals surface area (Å²) in [6.07, 6.45) is 0. The Hall–Kier alpha value is -9.07. The van der Waals surface area contributed by atoms with Gasteiger partial charge in [-0.2, -0.15) is 9.97 Å². The Labute approximate surface area is 375 Å². The molecule has 7 nitrogen and oxygen atoms in total. The van der Waals surface area contributed by atoms with Crippen molar-refractivity contribution in [3.05, 3.63) is 200 Å². The quantitative estimate of drug-likeness (QED) is 0.176. The molecule has 306 valence electrons. The Balaban J connectivity index is 1.12. The van der Waals surface area contributed by atoms with E-state index >= 15 is 0 Å². The van der Waals surface area contributed by atoms with Crippen molar-refractivity contribution in [2.24, 2.45) is 0 Å². The monoisotopic (exact) mass is 843 g/mol. The zero-order valence-electron chi connectivity index (χ0n) is 35.1. The van der Waals surface area contributed by atoms with Crippen molar-refractivity contribution in [1.29, 1.82) is 0 Å². The second kappa shape index (κ2) is 13.2. The first-order valence-corrected chi connectivity index (χ1v) is 22.2. The molecule has 0 radical (unpaired) electrons. The third kappa shape index (κ3) is 4.93. The fourth-order valence-electron chi connectivity index (χ4n) is 10.6. The number of furan rings is 2. The summed E-state index contributed by atoms with van der Waals surface area (Å²) >= 11 is 0. The van der Waals surface area contributed by atoms with Crippen molar-refractivity contribution in [3.63, 3.8) is 0 Å². The number of fused-ring (bicyclic) bond motifs is 14. The molecule has 15 rings (SSSR count). The van der Waals surface area contributed by atoms with Crippen molar-refractivity contribution in [2.45, 2.75) is 0 Å². The molecule has 5 aromatic heterocycles. The number of hydrogen-bond donors (Lipinski definition) is 0. The van der Waals surface area contributed by atoms with Gasteiger partial charge in [-0.25, -0.2) is 4.98 Å². The van der Waals surface area contributed by atoms with Gasteiger partial charge in [-0.1, -0.05) is 133 Å². The van der Waals surface area contributed by atoms with E-state index < -0.39 is 0 Å². The zero-order valence-corrected chi connectivity index (χ0v) is 35.1. The summed E-state index contributed by atoms with van der Waals surface area (Å²) in [4.78, 5) is 16.5. The van der Waals surface area contributed by atoms with Crippen LogP contribution in [0.3, 0.4) is 0 Å². The van der Waals surface area contributed by atoms with E-state index in [2.05, 4.69) is 173 Å². The number of rotatable bonds is 4. The predicted octanol–water partition coefficient (Wildman–Crippen LogP) is 15.5.